The molecule has 0 aliphatic rings. The van der Waals surface area contributed by atoms with Crippen molar-refractivity contribution in [2.75, 3.05) is 14.2 Å². The monoisotopic (exact) mass is 234 g/mol. The van der Waals surface area contributed by atoms with E-state index in [-0.39, 0.29) is 35.1 Å². The number of ether oxygens (including phenoxy) is 2. The Morgan fingerprint density at radius 3 is 2.31 bits per heavy atom. The van der Waals surface area contributed by atoms with Gasteiger partial charge in [0, 0.05) is 0 Å². The number of carboxylic acid groups (broad SMARTS) is 1. The van der Waals surface area contributed by atoms with Crippen LogP contribution >= 0.6 is 0 Å². The Bertz CT molecular complexity index is 366. The van der Waals surface area contributed by atoms with Crippen molar-refractivity contribution in [2.45, 2.75) is 6.10 Å². The van der Waals surface area contributed by atoms with Gasteiger partial charge in [-0.3, -0.25) is 0 Å². The Balaban J connectivity index is 0.00000225. The Kier molecular flexibility index (Phi) is 6.43. The summed E-state index contributed by atoms with van der Waals surface area (Å²) in [6.45, 7) is 0. The van der Waals surface area contributed by atoms with Crippen molar-refractivity contribution >= 4 is 5.97 Å². The van der Waals surface area contributed by atoms with Crippen LogP contribution in [0.1, 0.15) is 11.7 Å². The third-order valence-corrected chi connectivity index (χ3v) is 1.95. The minimum atomic E-state index is -1.66. The standard InChI is InChI=1S/C10H12O5.Na/c1-14-7-4-3-6(5-8(7)15-2)9(11)10(12)13;/h3-5,9,11H,1-2H3,(H,12,13);/q;+1/p-1. The summed E-state index contributed by atoms with van der Waals surface area (Å²) in [5.41, 5.74) is 0.188. The molecule has 1 atom stereocenters. The molecule has 0 spiro atoms. The first-order valence-electron chi connectivity index (χ1n) is 4.21. The number of aliphatic hydroxyl groups excluding tert-OH is 1. The third kappa shape index (κ3) is 3.38. The summed E-state index contributed by atoms with van der Waals surface area (Å²) in [6, 6.07) is 4.33. The van der Waals surface area contributed by atoms with Crippen molar-refractivity contribution < 1.29 is 54.0 Å². The SMILES string of the molecule is COc1ccc(C(O)C(=O)[O-])cc1OC.[Na+]. The maximum absolute atomic E-state index is 10.4. The van der Waals surface area contributed by atoms with Gasteiger partial charge < -0.3 is 24.5 Å². The topological polar surface area (TPSA) is 78.8 Å². The van der Waals surface area contributed by atoms with Crippen LogP contribution in [0.3, 0.4) is 0 Å². The summed E-state index contributed by atoms with van der Waals surface area (Å²) in [6.07, 6.45) is -1.66. The largest absolute Gasteiger partial charge is 1.00 e. The van der Waals surface area contributed by atoms with Crippen molar-refractivity contribution in [1.82, 2.24) is 0 Å². The second-order valence-corrected chi connectivity index (χ2v) is 2.84. The molecule has 0 saturated heterocycles. The van der Waals surface area contributed by atoms with E-state index < -0.39 is 12.1 Å². The Morgan fingerprint density at radius 1 is 1.31 bits per heavy atom. The number of rotatable bonds is 4. The second-order valence-electron chi connectivity index (χ2n) is 2.84. The normalized spacial score (nSPS) is 11.2. The molecule has 1 unspecified atom stereocenters. The van der Waals surface area contributed by atoms with E-state index in [1.807, 2.05) is 0 Å². The molecular weight excluding hydrogens is 223 g/mol. The summed E-state index contributed by atoms with van der Waals surface area (Å²) in [5.74, 6) is -0.732. The zero-order valence-electron chi connectivity index (χ0n) is 9.39. The first-order valence-corrected chi connectivity index (χ1v) is 4.21. The van der Waals surface area contributed by atoms with Crippen LogP contribution in [0.15, 0.2) is 18.2 Å². The van der Waals surface area contributed by atoms with Crippen LogP contribution in [0.2, 0.25) is 0 Å². The van der Waals surface area contributed by atoms with Gasteiger partial charge in [-0.25, -0.2) is 0 Å². The van der Waals surface area contributed by atoms with E-state index in [1.165, 1.54) is 32.4 Å². The predicted octanol–water partition coefficient (Wildman–Crippen LogP) is -3.51. The van der Waals surface area contributed by atoms with E-state index in [0.29, 0.717) is 11.5 Å². The van der Waals surface area contributed by atoms with Crippen molar-refractivity contribution in [3.8, 4) is 11.5 Å². The van der Waals surface area contributed by atoms with Crippen LogP contribution in [0, 0.1) is 0 Å². The molecule has 0 fully saturated rings. The van der Waals surface area contributed by atoms with Crippen molar-refractivity contribution in [1.29, 1.82) is 0 Å². The van der Waals surface area contributed by atoms with Gasteiger partial charge in [0.25, 0.3) is 0 Å². The molecule has 0 aliphatic carbocycles. The van der Waals surface area contributed by atoms with Crippen LogP contribution in [-0.2, 0) is 4.79 Å². The van der Waals surface area contributed by atoms with Gasteiger partial charge in [0.1, 0.15) is 6.10 Å². The number of carbonyl (C=O) groups is 1. The Hall–Kier alpha value is -0.750. The predicted molar refractivity (Wildman–Crippen MR) is 49.5 cm³/mol. The summed E-state index contributed by atoms with van der Waals surface area (Å²) < 4.78 is 9.92. The van der Waals surface area contributed by atoms with Gasteiger partial charge >= 0.3 is 29.6 Å². The van der Waals surface area contributed by atoms with Crippen molar-refractivity contribution in [2.24, 2.45) is 0 Å². The van der Waals surface area contributed by atoms with Gasteiger partial charge in [-0.2, -0.15) is 0 Å². The molecule has 1 aromatic carbocycles. The molecule has 0 aliphatic heterocycles. The summed E-state index contributed by atoms with van der Waals surface area (Å²) in [5, 5.41) is 19.6. The fourth-order valence-electron chi connectivity index (χ4n) is 1.16. The maximum atomic E-state index is 10.4. The van der Waals surface area contributed by atoms with Crippen LogP contribution in [-0.4, -0.2) is 25.3 Å². The first kappa shape index (κ1) is 15.2. The second kappa shape index (κ2) is 6.75. The van der Waals surface area contributed by atoms with Gasteiger partial charge in [0.2, 0.25) is 0 Å². The number of aliphatic hydroxyl groups is 1. The molecular formula is C10H11NaO5. The van der Waals surface area contributed by atoms with Gasteiger partial charge in [0.15, 0.2) is 11.5 Å². The Morgan fingerprint density at radius 2 is 1.88 bits per heavy atom. The number of benzene rings is 1. The van der Waals surface area contributed by atoms with Gasteiger partial charge in [-0.05, 0) is 17.7 Å². The Labute approximate surface area is 115 Å². The average Bonchev–Trinajstić information content (AvgIpc) is 2.26. The number of hydrogen-bond acceptors (Lipinski definition) is 5. The fourth-order valence-corrected chi connectivity index (χ4v) is 1.16. The number of carbonyl (C=O) groups excluding carboxylic acids is 1. The molecule has 1 aromatic rings. The molecule has 82 valence electrons. The molecule has 0 saturated carbocycles. The third-order valence-electron chi connectivity index (χ3n) is 1.95. The molecule has 1 N–H and O–H groups in total. The average molecular weight is 234 g/mol. The summed E-state index contributed by atoms with van der Waals surface area (Å²) >= 11 is 0. The molecule has 16 heavy (non-hydrogen) atoms. The van der Waals surface area contributed by atoms with Gasteiger partial charge in [-0.1, -0.05) is 6.07 Å². The van der Waals surface area contributed by atoms with E-state index in [1.54, 1.807) is 0 Å². The van der Waals surface area contributed by atoms with E-state index in [2.05, 4.69) is 0 Å². The van der Waals surface area contributed by atoms with E-state index in [0.717, 1.165) is 0 Å². The molecule has 0 bridgehead atoms. The fraction of sp³-hybridized carbons (Fsp3) is 0.300. The number of methoxy groups -OCH3 is 2. The number of aliphatic carboxylic acids is 1. The number of carboxylic acids is 1. The number of hydrogen-bond donors (Lipinski definition) is 1. The van der Waals surface area contributed by atoms with E-state index in [9.17, 15) is 15.0 Å². The van der Waals surface area contributed by atoms with E-state index in [4.69, 9.17) is 9.47 Å². The van der Waals surface area contributed by atoms with Crippen LogP contribution in [0.25, 0.3) is 0 Å². The quantitative estimate of drug-likeness (QED) is 0.547. The molecule has 0 amide bonds. The first-order chi connectivity index (χ1) is 7.10. The molecule has 0 heterocycles. The minimum absolute atomic E-state index is 0. The minimum Gasteiger partial charge on any atom is -0.547 e. The van der Waals surface area contributed by atoms with Crippen LogP contribution in [0.4, 0.5) is 0 Å². The van der Waals surface area contributed by atoms with Crippen molar-refractivity contribution in [3.63, 3.8) is 0 Å². The molecule has 5 nitrogen and oxygen atoms in total. The van der Waals surface area contributed by atoms with E-state index >= 15 is 0 Å². The maximum Gasteiger partial charge on any atom is 1.00 e. The van der Waals surface area contributed by atoms with Gasteiger partial charge in [-0.15, -0.1) is 0 Å². The molecule has 1 rings (SSSR count). The summed E-state index contributed by atoms with van der Waals surface area (Å²) in [7, 11) is 2.89. The molecule has 0 aromatic heterocycles. The van der Waals surface area contributed by atoms with Crippen LogP contribution < -0.4 is 44.1 Å². The molecule has 6 heteroatoms. The van der Waals surface area contributed by atoms with Crippen LogP contribution in [0.5, 0.6) is 11.5 Å². The van der Waals surface area contributed by atoms with Gasteiger partial charge in [0.05, 0.1) is 20.2 Å². The molecule has 0 radical (unpaired) electrons. The summed E-state index contributed by atoms with van der Waals surface area (Å²) in [4.78, 5) is 10.4. The smallest absolute Gasteiger partial charge is 0.547 e. The zero-order valence-corrected chi connectivity index (χ0v) is 11.4. The van der Waals surface area contributed by atoms with Crippen molar-refractivity contribution in [3.05, 3.63) is 23.8 Å². The zero-order chi connectivity index (χ0) is 11.4.